The van der Waals surface area contributed by atoms with Crippen LogP contribution in [0.2, 0.25) is 0 Å². The van der Waals surface area contributed by atoms with E-state index in [-0.39, 0.29) is 17.2 Å². The zero-order valence-corrected chi connectivity index (χ0v) is 33.2. The van der Waals surface area contributed by atoms with Gasteiger partial charge in [0.05, 0.1) is 56.2 Å². The van der Waals surface area contributed by atoms with Crippen LogP contribution in [-0.4, -0.2) is 9.13 Å². The Kier molecular flexibility index (Phi) is 8.89. The highest BCUT2D eigenvalue weighted by molar-refractivity contribution is 6.13. The molecule has 0 atom stereocenters. The molecule has 0 spiro atoms. The van der Waals surface area contributed by atoms with Crippen molar-refractivity contribution >= 4 is 43.6 Å². The number of alkyl halides is 6. The molecule has 0 bridgehead atoms. The van der Waals surface area contributed by atoms with Gasteiger partial charge in [-0.15, -0.1) is 0 Å². The van der Waals surface area contributed by atoms with Crippen LogP contribution in [-0.2, 0) is 12.4 Å². The number of fused-ring (bicyclic) bond motifs is 6. The van der Waals surface area contributed by atoms with Gasteiger partial charge in [-0.2, -0.15) is 31.6 Å². The van der Waals surface area contributed by atoms with Crippen molar-refractivity contribution in [2.75, 3.05) is 0 Å². The number of aryl methyl sites for hydroxylation is 2. The van der Waals surface area contributed by atoms with Crippen molar-refractivity contribution in [3.63, 3.8) is 0 Å². The lowest BCUT2D eigenvalue weighted by Crippen LogP contribution is -2.13. The third-order valence-electron chi connectivity index (χ3n) is 11.7. The molecule has 0 aliphatic heterocycles. The Morgan fingerprint density at radius 3 is 1.39 bits per heavy atom. The third-order valence-corrected chi connectivity index (χ3v) is 11.7. The van der Waals surface area contributed by atoms with Gasteiger partial charge in [-0.05, 0) is 90.2 Å². The summed E-state index contributed by atoms with van der Waals surface area (Å²) in [6.45, 7) is 4.03. The Morgan fingerprint density at radius 2 is 0.903 bits per heavy atom. The molecule has 10 rings (SSSR count). The first-order chi connectivity index (χ1) is 29.8. The van der Waals surface area contributed by atoms with Gasteiger partial charge >= 0.3 is 12.4 Å². The predicted molar refractivity (Wildman–Crippen MR) is 236 cm³/mol. The van der Waals surface area contributed by atoms with Crippen LogP contribution >= 0.6 is 0 Å². The molecule has 302 valence electrons. The van der Waals surface area contributed by atoms with Crippen molar-refractivity contribution in [1.82, 2.24) is 9.13 Å². The van der Waals surface area contributed by atoms with Gasteiger partial charge in [0, 0.05) is 27.1 Å². The minimum Gasteiger partial charge on any atom is -0.307 e. The van der Waals surface area contributed by atoms with E-state index in [2.05, 4.69) is 36.4 Å². The fourth-order valence-electron chi connectivity index (χ4n) is 8.91. The Labute approximate surface area is 351 Å². The van der Waals surface area contributed by atoms with Crippen molar-refractivity contribution in [2.24, 2.45) is 0 Å². The molecule has 0 fully saturated rings. The monoisotopic (exact) mass is 825 g/mol. The van der Waals surface area contributed by atoms with Crippen LogP contribution in [0.1, 0.15) is 27.8 Å². The lowest BCUT2D eigenvalue weighted by molar-refractivity contribution is -0.142. The van der Waals surface area contributed by atoms with Gasteiger partial charge in [0.15, 0.2) is 0 Å². The van der Waals surface area contributed by atoms with E-state index < -0.39 is 29.0 Å². The molecule has 9 heteroatoms. The van der Waals surface area contributed by atoms with E-state index in [0.717, 1.165) is 83.1 Å². The number of hydrogen-bond donors (Lipinski definition) is 0. The van der Waals surface area contributed by atoms with E-state index >= 15 is 0 Å². The minimum absolute atomic E-state index is 0.123. The number of rotatable bonds is 5. The maximum atomic E-state index is 15.0. The first-order valence-corrected chi connectivity index (χ1v) is 19.9. The van der Waals surface area contributed by atoms with Crippen LogP contribution < -0.4 is 0 Å². The van der Waals surface area contributed by atoms with E-state index in [1.165, 1.54) is 6.07 Å². The molecular formula is C53H33F6N3. The van der Waals surface area contributed by atoms with Crippen LogP contribution in [0, 0.1) is 25.2 Å². The smallest absolute Gasteiger partial charge is 0.307 e. The fourth-order valence-corrected chi connectivity index (χ4v) is 8.91. The summed E-state index contributed by atoms with van der Waals surface area (Å²) in [5.41, 5.74) is 6.13. The lowest BCUT2D eigenvalue weighted by Gasteiger charge is -2.21. The fraction of sp³-hybridized carbons (Fsp3) is 0.0755. The molecule has 0 unspecified atom stereocenters. The first kappa shape index (κ1) is 38.6. The number of aromatic nitrogens is 2. The second-order valence-electron chi connectivity index (χ2n) is 15.7. The van der Waals surface area contributed by atoms with Crippen LogP contribution in [0.25, 0.3) is 88.4 Å². The lowest BCUT2D eigenvalue weighted by atomic mass is 9.92. The maximum Gasteiger partial charge on any atom is 0.417 e. The van der Waals surface area contributed by atoms with E-state index in [0.29, 0.717) is 17.4 Å². The number of nitrogens with zero attached hydrogens (tertiary/aromatic N) is 3. The summed E-state index contributed by atoms with van der Waals surface area (Å²) in [5.74, 6) is 0. The number of benzene rings is 8. The van der Waals surface area contributed by atoms with E-state index in [1.54, 1.807) is 6.07 Å². The molecule has 0 aliphatic rings. The molecule has 2 aromatic heterocycles. The Morgan fingerprint density at radius 1 is 0.419 bits per heavy atom. The summed E-state index contributed by atoms with van der Waals surface area (Å²) in [7, 11) is 0. The van der Waals surface area contributed by atoms with Crippen LogP contribution in [0.4, 0.5) is 26.3 Å². The summed E-state index contributed by atoms with van der Waals surface area (Å²) in [4.78, 5) is 0. The van der Waals surface area contributed by atoms with Crippen molar-refractivity contribution in [2.45, 2.75) is 26.2 Å². The third kappa shape index (κ3) is 6.38. The van der Waals surface area contributed by atoms with Crippen LogP contribution in [0.15, 0.2) is 164 Å². The molecule has 0 amide bonds. The average Bonchev–Trinajstić information content (AvgIpc) is 3.77. The second-order valence-corrected chi connectivity index (χ2v) is 15.7. The normalized spacial score (nSPS) is 12.2. The first-order valence-electron chi connectivity index (χ1n) is 19.9. The molecule has 62 heavy (non-hydrogen) atoms. The Hall–Kier alpha value is -7.57. The predicted octanol–water partition coefficient (Wildman–Crippen LogP) is 15.4. The van der Waals surface area contributed by atoms with Crippen LogP contribution in [0.5, 0.6) is 0 Å². The zero-order valence-electron chi connectivity index (χ0n) is 33.2. The van der Waals surface area contributed by atoms with Gasteiger partial charge < -0.3 is 9.13 Å². The number of para-hydroxylation sites is 2. The largest absolute Gasteiger partial charge is 0.417 e. The topological polar surface area (TPSA) is 33.6 Å². The molecule has 0 saturated carbocycles. The molecule has 0 radical (unpaired) electrons. The number of nitriles is 1. The highest BCUT2D eigenvalue weighted by Crippen LogP contribution is 2.46. The summed E-state index contributed by atoms with van der Waals surface area (Å²) >= 11 is 0. The Balaban J connectivity index is 1.37. The van der Waals surface area contributed by atoms with Gasteiger partial charge in [-0.3, -0.25) is 0 Å². The van der Waals surface area contributed by atoms with E-state index in [4.69, 9.17) is 0 Å². The quantitative estimate of drug-likeness (QED) is 0.159. The number of hydrogen-bond acceptors (Lipinski definition) is 1. The molecule has 0 saturated heterocycles. The van der Waals surface area contributed by atoms with Gasteiger partial charge in [0.2, 0.25) is 0 Å². The highest BCUT2D eigenvalue weighted by atomic mass is 19.4. The van der Waals surface area contributed by atoms with Crippen molar-refractivity contribution in [1.29, 1.82) is 5.26 Å². The molecule has 2 heterocycles. The average molecular weight is 826 g/mol. The standard InChI is InChI=1S/C53H33F6N3/c1-31-9-7-11-33(23-31)35-17-20-42-40-13-3-5-15-46(40)61(48(42)25-35)50-27-37(30-60)44(39-22-19-38(52(54,55)56)28-45(39)53(57,58)59)29-51(50)62-47-16-6-4-14-41(47)43-21-18-36(26-49(43)62)34-12-8-10-32(2)24-34/h3-29H,1-2H3. The Bertz CT molecular complexity index is 3490. The van der Waals surface area contributed by atoms with Crippen LogP contribution in [0.3, 0.4) is 0 Å². The summed E-state index contributed by atoms with van der Waals surface area (Å²) in [5, 5.41) is 14.4. The minimum atomic E-state index is -5.18. The second kappa shape index (κ2) is 14.3. The van der Waals surface area contributed by atoms with Gasteiger partial charge in [-0.1, -0.05) is 126 Å². The van der Waals surface area contributed by atoms with Gasteiger partial charge in [0.25, 0.3) is 0 Å². The van der Waals surface area contributed by atoms with Crippen molar-refractivity contribution in [3.05, 3.63) is 192 Å². The molecule has 8 aromatic carbocycles. The maximum absolute atomic E-state index is 15.0. The molecule has 0 aliphatic carbocycles. The molecular weight excluding hydrogens is 793 g/mol. The summed E-state index contributed by atoms with van der Waals surface area (Å²) in [6, 6.07) is 50.9. The SMILES string of the molecule is Cc1cccc(-c2ccc3c4ccccc4n(-c4cc(C#N)c(-c5ccc(C(F)(F)F)cc5C(F)(F)F)cc4-n4c5ccccc5c5ccc(-c6cccc(C)c6)cc54)c3c2)c1. The van der Waals surface area contributed by atoms with Crippen molar-refractivity contribution in [3.8, 4) is 50.8 Å². The van der Waals surface area contributed by atoms with Crippen molar-refractivity contribution < 1.29 is 26.3 Å². The molecule has 3 nitrogen and oxygen atoms in total. The van der Waals surface area contributed by atoms with E-state index in [9.17, 15) is 31.6 Å². The highest BCUT2D eigenvalue weighted by Gasteiger charge is 2.39. The molecule has 10 aromatic rings. The van der Waals surface area contributed by atoms with E-state index in [1.807, 2.05) is 126 Å². The van der Waals surface area contributed by atoms with Gasteiger partial charge in [-0.25, -0.2) is 0 Å². The summed E-state index contributed by atoms with van der Waals surface area (Å²) in [6.07, 6.45) is -10.2. The summed E-state index contributed by atoms with van der Waals surface area (Å²) < 4.78 is 90.8. The molecule has 0 N–H and O–H groups in total. The number of halogens is 6. The van der Waals surface area contributed by atoms with Gasteiger partial charge in [0.1, 0.15) is 0 Å². The zero-order chi connectivity index (χ0) is 43.1.